The summed E-state index contributed by atoms with van der Waals surface area (Å²) in [5, 5.41) is 6.27. The van der Waals surface area contributed by atoms with E-state index in [4.69, 9.17) is 0 Å². The van der Waals surface area contributed by atoms with Gasteiger partial charge in [0.2, 0.25) is 5.13 Å². The van der Waals surface area contributed by atoms with Crippen LogP contribution in [0.4, 0.5) is 9.93 Å². The molecule has 2 aromatic rings. The van der Waals surface area contributed by atoms with Gasteiger partial charge in [0.1, 0.15) is 5.82 Å². The number of nitrogens with zero attached hydrogens (tertiary/aromatic N) is 2. The Balaban J connectivity index is 1.58. The number of aryl methyl sites for hydroxylation is 2. The maximum atomic E-state index is 11.9. The van der Waals surface area contributed by atoms with Crippen LogP contribution < -0.4 is 10.6 Å². The molecule has 1 aromatic carbocycles. The van der Waals surface area contributed by atoms with Crippen molar-refractivity contribution in [1.82, 2.24) is 14.7 Å². The number of aromatic nitrogens is 2. The van der Waals surface area contributed by atoms with E-state index in [0.717, 1.165) is 19.3 Å². The summed E-state index contributed by atoms with van der Waals surface area (Å²) in [7, 11) is 0. The van der Waals surface area contributed by atoms with Crippen LogP contribution in [-0.2, 0) is 12.8 Å². The molecule has 2 N–H and O–H groups in total. The van der Waals surface area contributed by atoms with Crippen LogP contribution in [0.25, 0.3) is 0 Å². The molecule has 0 fully saturated rings. The van der Waals surface area contributed by atoms with E-state index in [1.54, 1.807) is 6.92 Å². The molecule has 0 aliphatic heterocycles. The number of rotatable bonds is 2. The van der Waals surface area contributed by atoms with Gasteiger partial charge in [-0.25, -0.2) is 9.78 Å². The van der Waals surface area contributed by atoms with Crippen molar-refractivity contribution in [2.24, 2.45) is 0 Å². The summed E-state index contributed by atoms with van der Waals surface area (Å²) in [6, 6.07) is 8.39. The van der Waals surface area contributed by atoms with Crippen molar-refractivity contribution in [2.75, 3.05) is 5.32 Å². The standard InChI is InChI=1S/C14H16N4OS/c1-9-15-14(20-18-9)17-13(19)16-12-7-6-10-4-2-3-5-11(10)8-12/h2-5,12H,6-8H2,1H3,(H2,15,16,17,18,19)/t12-/m1/s1. The van der Waals surface area contributed by atoms with Crippen LogP contribution >= 0.6 is 11.5 Å². The lowest BCUT2D eigenvalue weighted by molar-refractivity contribution is 0.247. The van der Waals surface area contributed by atoms with Gasteiger partial charge < -0.3 is 5.32 Å². The minimum Gasteiger partial charge on any atom is -0.335 e. The highest BCUT2D eigenvalue weighted by molar-refractivity contribution is 7.09. The van der Waals surface area contributed by atoms with Crippen molar-refractivity contribution in [1.29, 1.82) is 0 Å². The minimum absolute atomic E-state index is 0.180. The Hall–Kier alpha value is -1.95. The van der Waals surface area contributed by atoms with Crippen LogP contribution in [0.2, 0.25) is 0 Å². The van der Waals surface area contributed by atoms with Gasteiger partial charge in [-0.3, -0.25) is 5.32 Å². The van der Waals surface area contributed by atoms with Crippen LogP contribution in [0.5, 0.6) is 0 Å². The van der Waals surface area contributed by atoms with Gasteiger partial charge in [0.05, 0.1) is 0 Å². The number of carbonyl (C=O) groups is 1. The molecule has 20 heavy (non-hydrogen) atoms. The number of carbonyl (C=O) groups excluding carboxylic acids is 1. The van der Waals surface area contributed by atoms with Gasteiger partial charge in [0, 0.05) is 17.6 Å². The second-order valence-corrected chi connectivity index (χ2v) is 5.71. The fourth-order valence-corrected chi connectivity index (χ4v) is 3.06. The normalized spacial score (nSPS) is 17.4. The summed E-state index contributed by atoms with van der Waals surface area (Å²) in [4.78, 5) is 16.0. The third kappa shape index (κ3) is 2.96. The molecule has 1 aliphatic carbocycles. The molecule has 2 amide bonds. The Morgan fingerprint density at radius 1 is 1.35 bits per heavy atom. The van der Waals surface area contributed by atoms with E-state index >= 15 is 0 Å². The Labute approximate surface area is 121 Å². The fraction of sp³-hybridized carbons (Fsp3) is 0.357. The third-order valence-corrected chi connectivity index (χ3v) is 4.15. The van der Waals surface area contributed by atoms with Crippen LogP contribution in [-0.4, -0.2) is 21.4 Å². The van der Waals surface area contributed by atoms with E-state index in [1.807, 2.05) is 6.07 Å². The molecular weight excluding hydrogens is 272 g/mol. The molecule has 1 aliphatic rings. The quantitative estimate of drug-likeness (QED) is 0.892. The Morgan fingerprint density at radius 2 is 2.15 bits per heavy atom. The SMILES string of the molecule is Cc1nsc(NC(=O)N[C@@H]2CCc3ccccc3C2)n1. The van der Waals surface area contributed by atoms with E-state index in [2.05, 4.69) is 38.2 Å². The molecule has 104 valence electrons. The van der Waals surface area contributed by atoms with Crippen LogP contribution in [0.1, 0.15) is 23.4 Å². The summed E-state index contributed by atoms with van der Waals surface area (Å²) in [6.07, 6.45) is 2.87. The predicted octanol–water partition coefficient (Wildman–Crippen LogP) is 2.53. The number of nitrogens with one attached hydrogen (secondary N) is 2. The van der Waals surface area contributed by atoms with Crippen molar-refractivity contribution in [3.63, 3.8) is 0 Å². The zero-order valence-electron chi connectivity index (χ0n) is 11.2. The highest BCUT2D eigenvalue weighted by Crippen LogP contribution is 2.21. The summed E-state index contributed by atoms with van der Waals surface area (Å²) in [5.41, 5.74) is 2.72. The number of hydrogen-bond donors (Lipinski definition) is 2. The number of amides is 2. The van der Waals surface area contributed by atoms with Crippen molar-refractivity contribution >= 4 is 22.7 Å². The van der Waals surface area contributed by atoms with Crippen molar-refractivity contribution < 1.29 is 4.79 Å². The molecule has 0 radical (unpaired) electrons. The molecule has 1 atom stereocenters. The van der Waals surface area contributed by atoms with E-state index < -0.39 is 0 Å². The molecule has 0 saturated carbocycles. The lowest BCUT2D eigenvalue weighted by atomic mass is 9.88. The topological polar surface area (TPSA) is 66.9 Å². The lowest BCUT2D eigenvalue weighted by Gasteiger charge is -2.25. The first-order valence-electron chi connectivity index (χ1n) is 6.65. The number of urea groups is 1. The van der Waals surface area contributed by atoms with Gasteiger partial charge in [-0.1, -0.05) is 24.3 Å². The molecule has 0 spiro atoms. The van der Waals surface area contributed by atoms with Gasteiger partial charge in [-0.15, -0.1) is 0 Å². The zero-order valence-corrected chi connectivity index (χ0v) is 12.0. The predicted molar refractivity (Wildman–Crippen MR) is 79.1 cm³/mol. The van der Waals surface area contributed by atoms with Crippen molar-refractivity contribution in [3.8, 4) is 0 Å². The Morgan fingerprint density at radius 3 is 2.90 bits per heavy atom. The minimum atomic E-state index is -0.203. The average Bonchev–Trinajstić information content (AvgIpc) is 2.83. The molecule has 0 saturated heterocycles. The van der Waals surface area contributed by atoms with Crippen molar-refractivity contribution in [2.45, 2.75) is 32.2 Å². The monoisotopic (exact) mass is 288 g/mol. The molecule has 0 bridgehead atoms. The van der Waals surface area contributed by atoms with Crippen molar-refractivity contribution in [3.05, 3.63) is 41.2 Å². The zero-order chi connectivity index (χ0) is 13.9. The second-order valence-electron chi connectivity index (χ2n) is 4.95. The van der Waals surface area contributed by atoms with Crippen LogP contribution in [0.3, 0.4) is 0 Å². The van der Waals surface area contributed by atoms with Gasteiger partial charge >= 0.3 is 6.03 Å². The summed E-state index contributed by atoms with van der Waals surface area (Å²) in [6.45, 7) is 1.80. The summed E-state index contributed by atoms with van der Waals surface area (Å²) >= 11 is 1.20. The van der Waals surface area contributed by atoms with Gasteiger partial charge in [0.25, 0.3) is 0 Å². The molecule has 1 heterocycles. The second kappa shape index (κ2) is 5.58. The first-order chi connectivity index (χ1) is 9.70. The molecule has 6 heteroatoms. The fourth-order valence-electron chi connectivity index (χ4n) is 2.49. The molecule has 0 unspecified atom stereocenters. The van der Waals surface area contributed by atoms with Crippen LogP contribution in [0.15, 0.2) is 24.3 Å². The maximum absolute atomic E-state index is 11.9. The summed E-state index contributed by atoms with van der Waals surface area (Å²) in [5.74, 6) is 0.678. The number of hydrogen-bond acceptors (Lipinski definition) is 4. The Bertz CT molecular complexity index is 625. The van der Waals surface area contributed by atoms with E-state index in [1.165, 1.54) is 22.7 Å². The molecular formula is C14H16N4OS. The average molecular weight is 288 g/mol. The summed E-state index contributed by atoms with van der Waals surface area (Å²) < 4.78 is 4.03. The van der Waals surface area contributed by atoms with Gasteiger partial charge in [-0.2, -0.15) is 4.37 Å². The van der Waals surface area contributed by atoms with E-state index in [0.29, 0.717) is 11.0 Å². The highest BCUT2D eigenvalue weighted by Gasteiger charge is 2.20. The maximum Gasteiger partial charge on any atom is 0.321 e. The number of fused-ring (bicyclic) bond motifs is 1. The molecule has 1 aromatic heterocycles. The molecule has 3 rings (SSSR count). The van der Waals surface area contributed by atoms with Crippen LogP contribution in [0, 0.1) is 6.92 Å². The smallest absolute Gasteiger partial charge is 0.321 e. The molecule has 5 nitrogen and oxygen atoms in total. The Kier molecular flexibility index (Phi) is 3.64. The highest BCUT2D eigenvalue weighted by atomic mass is 32.1. The largest absolute Gasteiger partial charge is 0.335 e. The van der Waals surface area contributed by atoms with E-state index in [9.17, 15) is 4.79 Å². The number of anilines is 1. The van der Waals surface area contributed by atoms with E-state index in [-0.39, 0.29) is 12.1 Å². The first-order valence-corrected chi connectivity index (χ1v) is 7.42. The van der Waals surface area contributed by atoms with Gasteiger partial charge in [0.15, 0.2) is 0 Å². The number of benzene rings is 1. The third-order valence-electron chi connectivity index (χ3n) is 3.43. The van der Waals surface area contributed by atoms with Gasteiger partial charge in [-0.05, 0) is 37.3 Å². The first kappa shape index (κ1) is 13.1. The lowest BCUT2D eigenvalue weighted by Crippen LogP contribution is -2.41.